The molecule has 0 heterocycles. The molecule has 0 aliphatic carbocycles. The lowest BCUT2D eigenvalue weighted by atomic mass is 10.2. The van der Waals surface area contributed by atoms with Crippen molar-refractivity contribution < 1.29 is 16.8 Å². The summed E-state index contributed by atoms with van der Waals surface area (Å²) in [5.41, 5.74) is 5.79. The number of rotatable bonds is 6. The van der Waals surface area contributed by atoms with Crippen molar-refractivity contribution in [3.8, 4) is 0 Å². The Labute approximate surface area is 128 Å². The number of hydrogen-bond acceptors (Lipinski definition) is 5. The molecular formula is C10H13ClN2O4S3. The van der Waals surface area contributed by atoms with Gasteiger partial charge >= 0.3 is 0 Å². The van der Waals surface area contributed by atoms with Gasteiger partial charge in [0.05, 0.1) is 15.7 Å². The minimum absolute atomic E-state index is 0.0592. The molecule has 6 nitrogen and oxygen atoms in total. The molecule has 3 N–H and O–H groups in total. The number of nitrogens with one attached hydrogen (secondary N) is 1. The first-order valence-corrected chi connectivity index (χ1v) is 9.63. The van der Waals surface area contributed by atoms with Gasteiger partial charge in [-0.1, -0.05) is 23.8 Å². The molecule has 0 atom stereocenters. The van der Waals surface area contributed by atoms with Gasteiger partial charge in [-0.25, -0.2) is 21.6 Å². The van der Waals surface area contributed by atoms with Crippen LogP contribution in [0.1, 0.15) is 5.56 Å². The molecule has 0 aromatic heterocycles. The second-order valence-electron chi connectivity index (χ2n) is 4.03. The summed E-state index contributed by atoms with van der Waals surface area (Å²) < 4.78 is 47.9. The van der Waals surface area contributed by atoms with Crippen LogP contribution in [-0.2, 0) is 19.9 Å². The van der Waals surface area contributed by atoms with Gasteiger partial charge in [-0.15, -0.1) is 0 Å². The zero-order valence-electron chi connectivity index (χ0n) is 10.5. The lowest BCUT2D eigenvalue weighted by Crippen LogP contribution is -2.29. The molecule has 0 radical (unpaired) electrons. The molecule has 1 rings (SSSR count). The summed E-state index contributed by atoms with van der Waals surface area (Å²) in [5, 5.41) is 0.114. The Kier molecular flexibility index (Phi) is 5.50. The molecule has 0 fully saturated rings. The van der Waals surface area contributed by atoms with Crippen LogP contribution in [0.5, 0.6) is 0 Å². The molecule has 0 saturated heterocycles. The Bertz CT molecular complexity index is 729. The minimum Gasteiger partial charge on any atom is -0.389 e. The van der Waals surface area contributed by atoms with E-state index >= 15 is 0 Å². The van der Waals surface area contributed by atoms with Crippen molar-refractivity contribution in [1.82, 2.24) is 4.72 Å². The maximum Gasteiger partial charge on any atom is 0.240 e. The molecule has 20 heavy (non-hydrogen) atoms. The second kappa shape index (κ2) is 6.35. The topological polar surface area (TPSA) is 106 Å². The van der Waals surface area contributed by atoms with Crippen LogP contribution in [0.4, 0.5) is 0 Å². The number of hydrogen-bond donors (Lipinski definition) is 2. The molecule has 0 spiro atoms. The zero-order valence-corrected chi connectivity index (χ0v) is 13.7. The minimum atomic E-state index is -3.83. The van der Waals surface area contributed by atoms with Crippen molar-refractivity contribution in [3.05, 3.63) is 28.8 Å². The summed E-state index contributed by atoms with van der Waals surface area (Å²) in [5.74, 6) is -0.287. The van der Waals surface area contributed by atoms with Crippen molar-refractivity contribution in [2.24, 2.45) is 5.73 Å². The fourth-order valence-corrected chi connectivity index (χ4v) is 3.55. The number of thiocarbonyl (C=S) groups is 1. The zero-order chi connectivity index (χ0) is 15.6. The highest BCUT2D eigenvalue weighted by atomic mass is 35.5. The molecular weight excluding hydrogens is 344 g/mol. The van der Waals surface area contributed by atoms with Gasteiger partial charge in [0, 0.05) is 18.4 Å². The maximum absolute atomic E-state index is 11.9. The average molecular weight is 357 g/mol. The third-order valence-corrected chi connectivity index (χ3v) is 5.22. The smallest absolute Gasteiger partial charge is 0.240 e. The summed E-state index contributed by atoms with van der Waals surface area (Å²) in [6.07, 6.45) is 1.02. The molecule has 0 aliphatic heterocycles. The van der Waals surface area contributed by atoms with E-state index < -0.39 is 19.9 Å². The fourth-order valence-electron chi connectivity index (χ4n) is 1.31. The van der Waals surface area contributed by atoms with Crippen molar-refractivity contribution >= 4 is 48.7 Å². The van der Waals surface area contributed by atoms with Crippen LogP contribution in [0.15, 0.2) is 23.1 Å². The second-order valence-corrected chi connectivity index (χ2v) is 8.91. The van der Waals surface area contributed by atoms with Crippen molar-refractivity contribution in [2.45, 2.75) is 4.90 Å². The monoisotopic (exact) mass is 356 g/mol. The predicted molar refractivity (Wildman–Crippen MR) is 82.2 cm³/mol. The van der Waals surface area contributed by atoms with E-state index in [1.54, 1.807) is 0 Å². The number of sulfone groups is 1. The highest BCUT2D eigenvalue weighted by Gasteiger charge is 2.16. The van der Waals surface area contributed by atoms with Crippen LogP contribution in [-0.4, -0.2) is 40.4 Å². The van der Waals surface area contributed by atoms with Gasteiger partial charge in [-0.3, -0.25) is 0 Å². The third kappa shape index (κ3) is 4.98. The van der Waals surface area contributed by atoms with Crippen LogP contribution in [0.2, 0.25) is 5.02 Å². The van der Waals surface area contributed by atoms with Crippen LogP contribution < -0.4 is 10.5 Å². The van der Waals surface area contributed by atoms with Crippen LogP contribution in [0.3, 0.4) is 0 Å². The first kappa shape index (κ1) is 17.3. The van der Waals surface area contributed by atoms with Gasteiger partial charge in [-0.05, 0) is 18.2 Å². The van der Waals surface area contributed by atoms with Crippen molar-refractivity contribution in [1.29, 1.82) is 0 Å². The predicted octanol–water partition coefficient (Wildman–Crippen LogP) is 0.297. The Morgan fingerprint density at radius 2 is 1.95 bits per heavy atom. The summed E-state index contributed by atoms with van der Waals surface area (Å²) >= 11 is 10.6. The molecule has 10 heteroatoms. The summed E-state index contributed by atoms with van der Waals surface area (Å²) in [4.78, 5) is -0.0278. The quantitative estimate of drug-likeness (QED) is 0.710. The molecule has 0 bridgehead atoms. The molecule has 0 amide bonds. The van der Waals surface area contributed by atoms with Gasteiger partial charge in [-0.2, -0.15) is 0 Å². The highest BCUT2D eigenvalue weighted by molar-refractivity contribution is 7.91. The SMILES string of the molecule is CS(=O)(=O)CCNS(=O)(=O)c1ccc(C(N)=S)c(Cl)c1. The molecule has 112 valence electrons. The van der Waals surface area contributed by atoms with Gasteiger partial charge in [0.15, 0.2) is 0 Å². The van der Waals surface area contributed by atoms with Gasteiger partial charge in [0.1, 0.15) is 14.8 Å². The first-order valence-electron chi connectivity index (χ1n) is 5.30. The van der Waals surface area contributed by atoms with Crippen LogP contribution in [0, 0.1) is 0 Å². The van der Waals surface area contributed by atoms with E-state index in [9.17, 15) is 16.8 Å². The standard InChI is InChI=1S/C10H13ClN2O4S3/c1-19(14,15)5-4-13-20(16,17)7-2-3-8(10(12)18)9(11)6-7/h2-3,6,13H,4-5H2,1H3,(H2,12,18). The van der Waals surface area contributed by atoms with E-state index in [-0.39, 0.29) is 27.2 Å². The van der Waals surface area contributed by atoms with E-state index in [0.29, 0.717) is 5.56 Å². The number of nitrogens with two attached hydrogens (primary N) is 1. The molecule has 0 unspecified atom stereocenters. The molecule has 1 aromatic rings. The number of benzene rings is 1. The largest absolute Gasteiger partial charge is 0.389 e. The van der Waals surface area contributed by atoms with E-state index in [2.05, 4.69) is 4.72 Å². The van der Waals surface area contributed by atoms with Crippen molar-refractivity contribution in [2.75, 3.05) is 18.6 Å². The van der Waals surface area contributed by atoms with Crippen LogP contribution in [0.25, 0.3) is 0 Å². The maximum atomic E-state index is 11.9. The number of halogens is 1. The van der Waals surface area contributed by atoms with E-state index in [0.717, 1.165) is 6.26 Å². The van der Waals surface area contributed by atoms with Gasteiger partial charge in [0.2, 0.25) is 10.0 Å². The van der Waals surface area contributed by atoms with Crippen LogP contribution >= 0.6 is 23.8 Å². The Morgan fingerprint density at radius 1 is 1.35 bits per heavy atom. The van der Waals surface area contributed by atoms with Gasteiger partial charge < -0.3 is 5.73 Å². The summed E-state index contributed by atoms with van der Waals surface area (Å²) in [6.45, 7) is -0.212. The van der Waals surface area contributed by atoms with E-state index in [4.69, 9.17) is 29.6 Å². The van der Waals surface area contributed by atoms with Crippen molar-refractivity contribution in [3.63, 3.8) is 0 Å². The summed E-state index contributed by atoms with van der Waals surface area (Å²) in [7, 11) is -7.07. The fraction of sp³-hybridized carbons (Fsp3) is 0.300. The highest BCUT2D eigenvalue weighted by Crippen LogP contribution is 2.20. The summed E-state index contributed by atoms with van der Waals surface area (Å²) in [6, 6.07) is 3.90. The third-order valence-electron chi connectivity index (χ3n) is 2.28. The number of sulfonamides is 1. The lowest BCUT2D eigenvalue weighted by Gasteiger charge is -2.08. The lowest BCUT2D eigenvalue weighted by molar-refractivity contribution is 0.582. The Morgan fingerprint density at radius 3 is 2.40 bits per heavy atom. The Balaban J connectivity index is 2.94. The average Bonchev–Trinajstić information content (AvgIpc) is 2.26. The van der Waals surface area contributed by atoms with E-state index in [1.807, 2.05) is 0 Å². The Hall–Kier alpha value is -0.740. The van der Waals surface area contributed by atoms with Gasteiger partial charge in [0.25, 0.3) is 0 Å². The molecule has 0 aliphatic rings. The molecule has 1 aromatic carbocycles. The normalized spacial score (nSPS) is 12.3. The van der Waals surface area contributed by atoms with E-state index in [1.165, 1.54) is 18.2 Å². The molecule has 0 saturated carbocycles. The first-order chi connectivity index (χ1) is 9.03.